The zero-order valence-corrected chi connectivity index (χ0v) is 12.2. The van der Waals surface area contributed by atoms with Crippen LogP contribution in [0, 0.1) is 13.8 Å². The molecule has 1 aliphatic rings. The molecule has 0 aliphatic carbocycles. The van der Waals surface area contributed by atoms with Gasteiger partial charge in [0.2, 0.25) is 0 Å². The zero-order valence-electron chi connectivity index (χ0n) is 12.2. The zero-order chi connectivity index (χ0) is 14.8. The summed E-state index contributed by atoms with van der Waals surface area (Å²) in [4.78, 5) is 16.7. The maximum absolute atomic E-state index is 12.3. The van der Waals surface area contributed by atoms with Crippen molar-refractivity contribution < 1.29 is 9.53 Å². The molecule has 2 aromatic heterocycles. The lowest BCUT2D eigenvalue weighted by molar-refractivity contribution is 0.0735. The van der Waals surface area contributed by atoms with E-state index in [1.807, 2.05) is 19.9 Å². The van der Waals surface area contributed by atoms with Gasteiger partial charge in [-0.1, -0.05) is 0 Å². The molecular formula is C14H19N5O2. The number of fused-ring (bicyclic) bond motifs is 1. The first-order valence-corrected chi connectivity index (χ1v) is 7.06. The summed E-state index contributed by atoms with van der Waals surface area (Å²) in [7, 11) is 0. The van der Waals surface area contributed by atoms with E-state index < -0.39 is 0 Å². The number of carbonyl (C=O) groups excluding carboxylic acids is 1. The molecule has 21 heavy (non-hydrogen) atoms. The Labute approximate surface area is 122 Å². The number of hydrogen-bond donors (Lipinski definition) is 2. The van der Waals surface area contributed by atoms with Crippen molar-refractivity contribution in [3.63, 3.8) is 0 Å². The lowest BCUT2D eigenvalue weighted by Gasteiger charge is -2.23. The van der Waals surface area contributed by atoms with Crippen molar-refractivity contribution >= 4 is 11.6 Å². The minimum absolute atomic E-state index is 0.154. The third-order valence-corrected chi connectivity index (χ3v) is 3.53. The van der Waals surface area contributed by atoms with Crippen LogP contribution in [0.3, 0.4) is 0 Å². The van der Waals surface area contributed by atoms with E-state index >= 15 is 0 Å². The van der Waals surface area contributed by atoms with Gasteiger partial charge in [-0.3, -0.25) is 4.79 Å². The predicted molar refractivity (Wildman–Crippen MR) is 77.4 cm³/mol. The molecule has 0 radical (unpaired) electrons. The van der Waals surface area contributed by atoms with Crippen LogP contribution < -0.4 is 10.6 Å². The number of amides is 1. The monoisotopic (exact) mass is 289 g/mol. The first-order valence-electron chi connectivity index (χ1n) is 7.06. The average molecular weight is 289 g/mol. The molecule has 2 aromatic rings. The molecule has 1 atom stereocenters. The lowest BCUT2D eigenvalue weighted by atomic mass is 10.2. The Hall–Kier alpha value is -1.99. The summed E-state index contributed by atoms with van der Waals surface area (Å²) >= 11 is 0. The second kappa shape index (κ2) is 5.79. The van der Waals surface area contributed by atoms with E-state index in [2.05, 4.69) is 20.7 Å². The van der Waals surface area contributed by atoms with Gasteiger partial charge >= 0.3 is 0 Å². The van der Waals surface area contributed by atoms with E-state index in [1.165, 1.54) is 0 Å². The molecule has 0 aromatic carbocycles. The number of rotatable bonds is 3. The fourth-order valence-electron chi connectivity index (χ4n) is 2.49. The van der Waals surface area contributed by atoms with Crippen molar-refractivity contribution in [1.29, 1.82) is 0 Å². The molecule has 1 amide bonds. The minimum atomic E-state index is -0.158. The molecule has 3 heterocycles. The predicted octanol–water partition coefficient (Wildman–Crippen LogP) is 0.0643. The van der Waals surface area contributed by atoms with Crippen LogP contribution in [0.1, 0.15) is 21.7 Å². The third-order valence-electron chi connectivity index (χ3n) is 3.53. The molecule has 1 fully saturated rings. The number of nitrogens with one attached hydrogen (secondary N) is 2. The molecular weight excluding hydrogens is 270 g/mol. The Morgan fingerprint density at radius 2 is 2.43 bits per heavy atom. The van der Waals surface area contributed by atoms with E-state index in [9.17, 15) is 4.79 Å². The van der Waals surface area contributed by atoms with Crippen LogP contribution in [0.5, 0.6) is 0 Å². The van der Waals surface area contributed by atoms with Crippen LogP contribution in [0.2, 0.25) is 0 Å². The van der Waals surface area contributed by atoms with Gasteiger partial charge < -0.3 is 15.4 Å². The highest BCUT2D eigenvalue weighted by Gasteiger charge is 2.18. The normalized spacial score (nSPS) is 18.9. The van der Waals surface area contributed by atoms with Gasteiger partial charge in [-0.2, -0.15) is 5.10 Å². The first-order chi connectivity index (χ1) is 10.1. The highest BCUT2D eigenvalue weighted by atomic mass is 16.5. The second-order valence-corrected chi connectivity index (χ2v) is 5.27. The molecule has 7 nitrogen and oxygen atoms in total. The molecule has 2 N–H and O–H groups in total. The van der Waals surface area contributed by atoms with Crippen LogP contribution in [0.15, 0.2) is 12.3 Å². The Kier molecular flexibility index (Phi) is 3.85. The van der Waals surface area contributed by atoms with Crippen molar-refractivity contribution in [3.05, 3.63) is 29.2 Å². The molecule has 1 unspecified atom stereocenters. The second-order valence-electron chi connectivity index (χ2n) is 5.27. The van der Waals surface area contributed by atoms with Gasteiger partial charge in [-0.15, -0.1) is 0 Å². The van der Waals surface area contributed by atoms with Gasteiger partial charge in [-0.25, -0.2) is 9.50 Å². The van der Waals surface area contributed by atoms with Gasteiger partial charge in [0, 0.05) is 30.5 Å². The molecule has 1 saturated heterocycles. The summed E-state index contributed by atoms with van der Waals surface area (Å²) < 4.78 is 7.05. The minimum Gasteiger partial charge on any atom is -0.378 e. The number of ether oxygens (including phenoxy) is 1. The summed E-state index contributed by atoms with van der Waals surface area (Å²) in [6.07, 6.45) is 1.56. The molecule has 0 spiro atoms. The summed E-state index contributed by atoms with van der Waals surface area (Å²) in [5.74, 6) is -0.158. The number of aromatic nitrogens is 3. The van der Waals surface area contributed by atoms with Crippen LogP contribution >= 0.6 is 0 Å². The Morgan fingerprint density at radius 3 is 3.19 bits per heavy atom. The van der Waals surface area contributed by atoms with E-state index in [0.717, 1.165) is 24.5 Å². The Balaban J connectivity index is 1.75. The van der Waals surface area contributed by atoms with Gasteiger partial charge in [0.05, 0.1) is 19.4 Å². The van der Waals surface area contributed by atoms with Gasteiger partial charge in [0.1, 0.15) is 5.56 Å². The van der Waals surface area contributed by atoms with Gasteiger partial charge in [-0.05, 0) is 19.9 Å². The molecule has 3 rings (SSSR count). The molecule has 112 valence electrons. The molecule has 0 saturated carbocycles. The van der Waals surface area contributed by atoms with E-state index in [1.54, 1.807) is 10.7 Å². The molecule has 1 aliphatic heterocycles. The summed E-state index contributed by atoms with van der Waals surface area (Å²) in [6.45, 7) is 6.54. The fourth-order valence-corrected chi connectivity index (χ4v) is 2.49. The molecule has 7 heteroatoms. The van der Waals surface area contributed by atoms with Crippen molar-refractivity contribution in [2.24, 2.45) is 0 Å². The van der Waals surface area contributed by atoms with E-state index in [4.69, 9.17) is 4.74 Å². The van der Waals surface area contributed by atoms with Gasteiger partial charge in [0.15, 0.2) is 5.65 Å². The third kappa shape index (κ3) is 2.88. The van der Waals surface area contributed by atoms with Gasteiger partial charge in [0.25, 0.3) is 5.91 Å². The van der Waals surface area contributed by atoms with Crippen molar-refractivity contribution in [1.82, 2.24) is 25.2 Å². The Bertz CT molecular complexity index is 661. The van der Waals surface area contributed by atoms with Crippen LogP contribution in [-0.2, 0) is 4.74 Å². The van der Waals surface area contributed by atoms with Crippen LogP contribution in [0.4, 0.5) is 0 Å². The first kappa shape index (κ1) is 14.0. The standard InChI is InChI=1S/C14H19N5O2/c1-9-5-10(2)19-13(18-9)12(7-17-19)14(20)16-6-11-8-21-4-3-15-11/h5,7,11,15H,3-4,6,8H2,1-2H3,(H,16,20). The smallest absolute Gasteiger partial charge is 0.256 e. The lowest BCUT2D eigenvalue weighted by Crippen LogP contribution is -2.48. The summed E-state index contributed by atoms with van der Waals surface area (Å²) in [5, 5.41) is 10.4. The average Bonchev–Trinajstić information content (AvgIpc) is 2.90. The summed E-state index contributed by atoms with van der Waals surface area (Å²) in [6, 6.07) is 2.09. The highest BCUT2D eigenvalue weighted by Crippen LogP contribution is 2.11. The maximum atomic E-state index is 12.3. The van der Waals surface area contributed by atoms with Crippen LogP contribution in [0.25, 0.3) is 5.65 Å². The topological polar surface area (TPSA) is 80.6 Å². The van der Waals surface area contributed by atoms with E-state index in [-0.39, 0.29) is 11.9 Å². The number of aryl methyl sites for hydroxylation is 2. The van der Waals surface area contributed by atoms with Crippen LogP contribution in [-0.4, -0.2) is 52.9 Å². The van der Waals surface area contributed by atoms with Crippen molar-refractivity contribution in [2.45, 2.75) is 19.9 Å². The SMILES string of the molecule is Cc1cc(C)n2ncc(C(=O)NCC3COCCN3)c2n1. The number of morpholine rings is 1. The largest absolute Gasteiger partial charge is 0.378 e. The highest BCUT2D eigenvalue weighted by molar-refractivity contribution is 5.99. The number of hydrogen-bond acceptors (Lipinski definition) is 5. The van der Waals surface area contributed by atoms with Crippen molar-refractivity contribution in [2.75, 3.05) is 26.3 Å². The molecule has 0 bridgehead atoms. The van der Waals surface area contributed by atoms with Crippen molar-refractivity contribution in [3.8, 4) is 0 Å². The fraction of sp³-hybridized carbons (Fsp3) is 0.500. The number of carbonyl (C=O) groups is 1. The number of nitrogens with zero attached hydrogens (tertiary/aromatic N) is 3. The van der Waals surface area contributed by atoms with E-state index in [0.29, 0.717) is 24.4 Å². The maximum Gasteiger partial charge on any atom is 0.256 e. The summed E-state index contributed by atoms with van der Waals surface area (Å²) in [5.41, 5.74) is 2.92. The Morgan fingerprint density at radius 1 is 1.57 bits per heavy atom. The quantitative estimate of drug-likeness (QED) is 0.835.